The summed E-state index contributed by atoms with van der Waals surface area (Å²) in [6.07, 6.45) is 0.592. The summed E-state index contributed by atoms with van der Waals surface area (Å²) in [5.74, 6) is 0. The van der Waals surface area contributed by atoms with Gasteiger partial charge in [-0.3, -0.25) is 0 Å². The van der Waals surface area contributed by atoms with Crippen LogP contribution in [0.5, 0.6) is 0 Å². The highest BCUT2D eigenvalue weighted by Crippen LogP contribution is 2.32. The maximum absolute atomic E-state index is 12.3. The number of ether oxygens (including phenoxy) is 1. The van der Waals surface area contributed by atoms with Gasteiger partial charge in [0.15, 0.2) is 0 Å². The molecule has 0 saturated heterocycles. The summed E-state index contributed by atoms with van der Waals surface area (Å²) < 4.78 is 7.61. The molecule has 0 spiro atoms. The molecule has 1 aliphatic rings. The number of carbonyl (C=O) groups excluding carboxylic acids is 1. The molecule has 22 heavy (non-hydrogen) atoms. The van der Waals surface area contributed by atoms with E-state index < -0.39 is 5.60 Å². The van der Waals surface area contributed by atoms with Gasteiger partial charge < -0.3 is 14.2 Å². The van der Waals surface area contributed by atoms with E-state index in [9.17, 15) is 4.79 Å². The molecular weight excluding hydrogens is 300 g/mol. The van der Waals surface area contributed by atoms with Gasteiger partial charge in [-0.2, -0.15) is 0 Å². The fourth-order valence-corrected chi connectivity index (χ4v) is 3.18. The van der Waals surface area contributed by atoms with Gasteiger partial charge >= 0.3 is 6.09 Å². The number of benzene rings is 1. The molecule has 1 aromatic carbocycles. The number of nitrogens with zero attached hydrogens (tertiary/aromatic N) is 2. The van der Waals surface area contributed by atoms with E-state index in [2.05, 4.69) is 10.6 Å². The molecule has 1 aromatic heterocycles. The van der Waals surface area contributed by atoms with E-state index in [1.165, 1.54) is 10.9 Å². The Bertz CT molecular complexity index is 743. The van der Waals surface area contributed by atoms with Crippen LogP contribution in [0.4, 0.5) is 4.79 Å². The monoisotopic (exact) mass is 320 g/mol. The molecule has 1 aliphatic heterocycles. The van der Waals surface area contributed by atoms with Crippen molar-refractivity contribution < 1.29 is 9.53 Å². The van der Waals surface area contributed by atoms with Crippen molar-refractivity contribution in [1.82, 2.24) is 9.47 Å². The Balaban J connectivity index is 1.93. The number of aromatic nitrogens is 1. The second kappa shape index (κ2) is 5.20. The largest absolute Gasteiger partial charge is 0.444 e. The van der Waals surface area contributed by atoms with Crippen LogP contribution in [0.1, 0.15) is 32.0 Å². The second-order valence-corrected chi connectivity index (χ2v) is 7.23. The third-order valence-corrected chi connectivity index (χ3v) is 4.26. The first-order valence-corrected chi connectivity index (χ1v) is 7.87. The standard InChI is InChI=1S/C17H21ClN2O2/c1-17(2,3)22-16(21)20-8-7-13-12-6-5-11(18)9-14(12)19(4)15(13)10-20/h5-6,9H,7-8,10H2,1-4H3. The van der Waals surface area contributed by atoms with Crippen LogP contribution in [0, 0.1) is 0 Å². The van der Waals surface area contributed by atoms with Gasteiger partial charge in [-0.15, -0.1) is 0 Å². The lowest BCUT2D eigenvalue weighted by atomic mass is 10.0. The maximum atomic E-state index is 12.3. The van der Waals surface area contributed by atoms with Gasteiger partial charge in [0.05, 0.1) is 6.54 Å². The number of hydrogen-bond donors (Lipinski definition) is 0. The van der Waals surface area contributed by atoms with Crippen LogP contribution in [-0.4, -0.2) is 27.7 Å². The highest BCUT2D eigenvalue weighted by Gasteiger charge is 2.28. The number of aryl methyl sites for hydroxylation is 1. The van der Waals surface area contributed by atoms with Crippen LogP contribution in [0.25, 0.3) is 10.9 Å². The van der Waals surface area contributed by atoms with Crippen molar-refractivity contribution in [2.45, 2.75) is 39.3 Å². The molecule has 118 valence electrons. The normalized spacial score (nSPS) is 15.0. The number of hydrogen-bond acceptors (Lipinski definition) is 2. The summed E-state index contributed by atoms with van der Waals surface area (Å²) >= 11 is 6.11. The fraction of sp³-hybridized carbons (Fsp3) is 0.471. The minimum absolute atomic E-state index is 0.249. The van der Waals surface area contributed by atoms with Crippen LogP contribution < -0.4 is 0 Å². The molecule has 0 aliphatic carbocycles. The lowest BCUT2D eigenvalue weighted by molar-refractivity contribution is 0.0220. The number of carbonyl (C=O) groups is 1. The highest BCUT2D eigenvalue weighted by atomic mass is 35.5. The lowest BCUT2D eigenvalue weighted by Crippen LogP contribution is -2.40. The molecule has 0 radical (unpaired) electrons. The zero-order valence-corrected chi connectivity index (χ0v) is 14.2. The smallest absolute Gasteiger partial charge is 0.410 e. The Labute approximate surface area is 135 Å². The number of halogens is 1. The van der Waals surface area contributed by atoms with Crippen LogP contribution in [-0.2, 0) is 24.8 Å². The molecule has 0 N–H and O–H groups in total. The van der Waals surface area contributed by atoms with Crippen LogP contribution in [0.15, 0.2) is 18.2 Å². The Hall–Kier alpha value is -1.68. The van der Waals surface area contributed by atoms with Crippen LogP contribution in [0.3, 0.4) is 0 Å². The molecule has 1 amide bonds. The van der Waals surface area contributed by atoms with Crippen molar-refractivity contribution in [1.29, 1.82) is 0 Å². The Kier molecular flexibility index (Phi) is 3.60. The van der Waals surface area contributed by atoms with E-state index >= 15 is 0 Å². The van der Waals surface area contributed by atoms with E-state index in [1.807, 2.05) is 40.0 Å². The summed E-state index contributed by atoms with van der Waals surface area (Å²) in [4.78, 5) is 14.0. The first kappa shape index (κ1) is 15.2. The molecule has 0 bridgehead atoms. The van der Waals surface area contributed by atoms with Gasteiger partial charge in [-0.25, -0.2) is 4.79 Å². The zero-order valence-electron chi connectivity index (χ0n) is 13.4. The van der Waals surface area contributed by atoms with E-state index in [-0.39, 0.29) is 6.09 Å². The SMILES string of the molecule is Cn1c2c(c3ccc(Cl)cc31)CCN(C(=O)OC(C)(C)C)C2. The van der Waals surface area contributed by atoms with Crippen molar-refractivity contribution in [3.05, 3.63) is 34.5 Å². The van der Waals surface area contributed by atoms with E-state index in [0.29, 0.717) is 13.1 Å². The molecule has 5 heteroatoms. The van der Waals surface area contributed by atoms with Gasteiger partial charge in [0, 0.05) is 35.2 Å². The number of fused-ring (bicyclic) bond motifs is 3. The Morgan fingerprint density at radius 3 is 2.73 bits per heavy atom. The van der Waals surface area contributed by atoms with Crippen molar-refractivity contribution in [2.75, 3.05) is 6.54 Å². The van der Waals surface area contributed by atoms with Gasteiger partial charge in [-0.05, 0) is 44.9 Å². The predicted octanol–water partition coefficient (Wildman–Crippen LogP) is 4.12. The third kappa shape index (κ3) is 2.68. The van der Waals surface area contributed by atoms with Gasteiger partial charge in [-0.1, -0.05) is 17.7 Å². The first-order chi connectivity index (χ1) is 10.3. The fourth-order valence-electron chi connectivity index (χ4n) is 3.01. The Morgan fingerprint density at radius 2 is 2.05 bits per heavy atom. The molecule has 3 rings (SSSR count). The molecular formula is C17H21ClN2O2. The molecule has 0 unspecified atom stereocenters. The minimum Gasteiger partial charge on any atom is -0.444 e. The van der Waals surface area contributed by atoms with Crippen molar-refractivity contribution >= 4 is 28.6 Å². The lowest BCUT2D eigenvalue weighted by Gasteiger charge is -2.30. The maximum Gasteiger partial charge on any atom is 0.410 e. The third-order valence-electron chi connectivity index (χ3n) is 4.02. The summed E-state index contributed by atoms with van der Waals surface area (Å²) in [6, 6.07) is 5.97. The summed E-state index contributed by atoms with van der Waals surface area (Å²) in [6.45, 7) is 6.92. The average molecular weight is 321 g/mol. The van der Waals surface area contributed by atoms with E-state index in [1.54, 1.807) is 4.90 Å². The Morgan fingerprint density at radius 1 is 1.32 bits per heavy atom. The molecule has 2 aromatic rings. The van der Waals surface area contributed by atoms with Gasteiger partial charge in [0.25, 0.3) is 0 Å². The molecule has 0 saturated carbocycles. The molecule has 0 atom stereocenters. The topological polar surface area (TPSA) is 34.5 Å². The van der Waals surface area contributed by atoms with Gasteiger partial charge in [0.1, 0.15) is 5.60 Å². The average Bonchev–Trinajstić information content (AvgIpc) is 2.70. The van der Waals surface area contributed by atoms with Crippen molar-refractivity contribution in [2.24, 2.45) is 7.05 Å². The quantitative estimate of drug-likeness (QED) is 0.731. The van der Waals surface area contributed by atoms with Crippen molar-refractivity contribution in [3.63, 3.8) is 0 Å². The minimum atomic E-state index is -0.468. The highest BCUT2D eigenvalue weighted by molar-refractivity contribution is 6.31. The molecule has 0 fully saturated rings. The predicted molar refractivity (Wildman–Crippen MR) is 88.3 cm³/mol. The summed E-state index contributed by atoms with van der Waals surface area (Å²) in [5.41, 5.74) is 3.12. The molecule has 4 nitrogen and oxygen atoms in total. The summed E-state index contributed by atoms with van der Waals surface area (Å²) in [5, 5.41) is 1.96. The van der Waals surface area contributed by atoms with E-state index in [0.717, 1.165) is 22.7 Å². The first-order valence-electron chi connectivity index (χ1n) is 7.50. The van der Waals surface area contributed by atoms with Crippen LogP contribution in [0.2, 0.25) is 5.02 Å². The second-order valence-electron chi connectivity index (χ2n) is 6.80. The zero-order chi connectivity index (χ0) is 16.1. The molecule has 2 heterocycles. The van der Waals surface area contributed by atoms with E-state index in [4.69, 9.17) is 16.3 Å². The number of amides is 1. The van der Waals surface area contributed by atoms with Crippen LogP contribution >= 0.6 is 11.6 Å². The van der Waals surface area contributed by atoms with Gasteiger partial charge in [0.2, 0.25) is 0 Å². The van der Waals surface area contributed by atoms with Crippen molar-refractivity contribution in [3.8, 4) is 0 Å². The number of rotatable bonds is 0. The summed E-state index contributed by atoms with van der Waals surface area (Å²) in [7, 11) is 2.02.